The highest BCUT2D eigenvalue weighted by molar-refractivity contribution is 9.10. The smallest absolute Gasteiger partial charge is 0.161 e. The lowest BCUT2D eigenvalue weighted by Crippen LogP contribution is -1.98. The Morgan fingerprint density at radius 1 is 1.20 bits per heavy atom. The highest BCUT2D eigenvalue weighted by Gasteiger charge is 2.17. The number of aromatic nitrogens is 2. The Kier molecular flexibility index (Phi) is 3.08. The minimum Gasteiger partial charge on any atom is -0.226 e. The number of benzene rings is 1. The molecule has 20 heavy (non-hydrogen) atoms. The fourth-order valence-corrected chi connectivity index (χ4v) is 4.34. The quantitative estimate of drug-likeness (QED) is 0.634. The predicted octanol–water partition coefficient (Wildman–Crippen LogP) is 4.80. The molecule has 4 heteroatoms. The summed E-state index contributed by atoms with van der Waals surface area (Å²) in [5.74, 6) is 0.761. The third-order valence-corrected chi connectivity index (χ3v) is 5.40. The van der Waals surface area contributed by atoms with E-state index in [2.05, 4.69) is 27.1 Å². The molecule has 2 heterocycles. The van der Waals surface area contributed by atoms with Gasteiger partial charge in [0, 0.05) is 20.3 Å². The van der Waals surface area contributed by atoms with Gasteiger partial charge in [0.15, 0.2) is 5.82 Å². The van der Waals surface area contributed by atoms with Gasteiger partial charge in [-0.2, -0.15) is 0 Å². The second-order valence-electron chi connectivity index (χ2n) is 5.06. The standard InChI is InChI=1S/C16H12BrN2S/c17-11-5-3-4-10(8-11)15-18-9-13-12-6-1-2-7-14(12)20-16(13)19-15/h3-5,8H,1-2,6-7H2. The van der Waals surface area contributed by atoms with Crippen molar-refractivity contribution in [2.45, 2.75) is 25.7 Å². The molecule has 1 aliphatic carbocycles. The van der Waals surface area contributed by atoms with Gasteiger partial charge < -0.3 is 0 Å². The van der Waals surface area contributed by atoms with Crippen molar-refractivity contribution < 1.29 is 0 Å². The molecule has 0 fully saturated rings. The molecule has 1 radical (unpaired) electrons. The lowest BCUT2D eigenvalue weighted by Gasteiger charge is -2.09. The SMILES string of the molecule is Brc1cccc(-c2n[c]c3c4c(sc3n2)CCCC4)c1. The van der Waals surface area contributed by atoms with Crippen molar-refractivity contribution in [3.63, 3.8) is 0 Å². The maximum Gasteiger partial charge on any atom is 0.161 e. The monoisotopic (exact) mass is 343 g/mol. The summed E-state index contributed by atoms with van der Waals surface area (Å²) in [6, 6.07) is 8.10. The van der Waals surface area contributed by atoms with Crippen LogP contribution < -0.4 is 0 Å². The van der Waals surface area contributed by atoms with Gasteiger partial charge >= 0.3 is 0 Å². The normalized spacial score (nSPS) is 14.4. The van der Waals surface area contributed by atoms with Crippen LogP contribution in [0, 0.1) is 6.20 Å². The number of thiophene rings is 1. The molecular weight excluding hydrogens is 332 g/mol. The Balaban J connectivity index is 1.87. The van der Waals surface area contributed by atoms with Gasteiger partial charge in [0.25, 0.3) is 0 Å². The summed E-state index contributed by atoms with van der Waals surface area (Å²) in [6.07, 6.45) is 8.15. The third-order valence-electron chi connectivity index (χ3n) is 3.72. The summed E-state index contributed by atoms with van der Waals surface area (Å²) in [7, 11) is 0. The van der Waals surface area contributed by atoms with Gasteiger partial charge in [-0.1, -0.05) is 28.1 Å². The molecule has 0 N–H and O–H groups in total. The molecule has 2 nitrogen and oxygen atoms in total. The number of fused-ring (bicyclic) bond motifs is 3. The molecule has 99 valence electrons. The molecule has 0 aliphatic heterocycles. The average Bonchev–Trinajstić information content (AvgIpc) is 2.85. The number of halogens is 1. The summed E-state index contributed by atoms with van der Waals surface area (Å²) >= 11 is 5.31. The zero-order valence-electron chi connectivity index (χ0n) is 10.8. The van der Waals surface area contributed by atoms with Gasteiger partial charge in [0.05, 0.1) is 0 Å². The van der Waals surface area contributed by atoms with Crippen LogP contribution in [-0.4, -0.2) is 9.97 Å². The molecule has 4 rings (SSSR count). The van der Waals surface area contributed by atoms with Crippen LogP contribution in [0.5, 0.6) is 0 Å². The average molecular weight is 344 g/mol. The number of hydrogen-bond donors (Lipinski definition) is 0. The second-order valence-corrected chi connectivity index (χ2v) is 7.06. The minimum atomic E-state index is 0.761. The van der Waals surface area contributed by atoms with Crippen molar-refractivity contribution in [2.24, 2.45) is 0 Å². The number of rotatable bonds is 1. The van der Waals surface area contributed by atoms with E-state index in [0.29, 0.717) is 0 Å². The molecule has 0 amide bonds. The van der Waals surface area contributed by atoms with E-state index in [1.165, 1.54) is 29.7 Å². The van der Waals surface area contributed by atoms with Gasteiger partial charge in [0.1, 0.15) is 11.0 Å². The highest BCUT2D eigenvalue weighted by Crippen LogP contribution is 2.35. The summed E-state index contributed by atoms with van der Waals surface area (Å²) < 4.78 is 1.05. The van der Waals surface area contributed by atoms with E-state index >= 15 is 0 Å². The van der Waals surface area contributed by atoms with Crippen LogP contribution >= 0.6 is 27.3 Å². The largest absolute Gasteiger partial charge is 0.226 e. The Morgan fingerprint density at radius 3 is 3.00 bits per heavy atom. The molecule has 1 aliphatic rings. The predicted molar refractivity (Wildman–Crippen MR) is 86.0 cm³/mol. The summed E-state index contributed by atoms with van der Waals surface area (Å²) in [4.78, 5) is 11.8. The number of nitrogens with zero attached hydrogens (tertiary/aromatic N) is 2. The first-order valence-electron chi connectivity index (χ1n) is 6.77. The summed E-state index contributed by atoms with van der Waals surface area (Å²) in [6.45, 7) is 0. The van der Waals surface area contributed by atoms with Gasteiger partial charge in [-0.15, -0.1) is 11.3 Å². The number of aryl methyl sites for hydroxylation is 2. The Bertz CT molecular complexity index is 794. The molecule has 0 spiro atoms. The maximum atomic E-state index is 4.75. The zero-order valence-corrected chi connectivity index (χ0v) is 13.2. The van der Waals surface area contributed by atoms with Gasteiger partial charge in [0.2, 0.25) is 0 Å². The van der Waals surface area contributed by atoms with Crippen LogP contribution in [0.4, 0.5) is 0 Å². The Morgan fingerprint density at radius 2 is 2.10 bits per heavy atom. The number of hydrogen-bond acceptors (Lipinski definition) is 3. The molecule has 0 unspecified atom stereocenters. The molecule has 1 aromatic carbocycles. The molecule has 0 bridgehead atoms. The van der Waals surface area contributed by atoms with Crippen LogP contribution in [0.3, 0.4) is 0 Å². The van der Waals surface area contributed by atoms with Gasteiger partial charge in [-0.25, -0.2) is 9.97 Å². The van der Waals surface area contributed by atoms with Crippen LogP contribution in [0.2, 0.25) is 0 Å². The van der Waals surface area contributed by atoms with E-state index in [9.17, 15) is 0 Å². The molecule has 0 saturated carbocycles. The van der Waals surface area contributed by atoms with Crippen molar-refractivity contribution in [2.75, 3.05) is 0 Å². The van der Waals surface area contributed by atoms with Crippen molar-refractivity contribution >= 4 is 37.5 Å². The fourth-order valence-electron chi connectivity index (χ4n) is 2.73. The van der Waals surface area contributed by atoms with E-state index in [4.69, 9.17) is 4.98 Å². The third kappa shape index (κ3) is 2.07. The molecule has 3 aromatic rings. The van der Waals surface area contributed by atoms with E-state index < -0.39 is 0 Å². The van der Waals surface area contributed by atoms with Crippen molar-refractivity contribution in [3.8, 4) is 11.4 Å². The lowest BCUT2D eigenvalue weighted by atomic mass is 9.97. The van der Waals surface area contributed by atoms with E-state index in [0.717, 1.165) is 32.5 Å². The molecular formula is C16H12BrN2S. The van der Waals surface area contributed by atoms with Gasteiger partial charge in [-0.3, -0.25) is 0 Å². The minimum absolute atomic E-state index is 0.761. The Labute approximate surface area is 130 Å². The molecule has 0 atom stereocenters. The van der Waals surface area contributed by atoms with Crippen LogP contribution in [0.25, 0.3) is 21.6 Å². The van der Waals surface area contributed by atoms with Crippen LogP contribution in [0.1, 0.15) is 23.3 Å². The molecule has 0 saturated heterocycles. The topological polar surface area (TPSA) is 25.8 Å². The van der Waals surface area contributed by atoms with E-state index in [1.807, 2.05) is 35.6 Å². The van der Waals surface area contributed by atoms with E-state index in [1.54, 1.807) is 0 Å². The van der Waals surface area contributed by atoms with Crippen molar-refractivity contribution in [3.05, 3.63) is 45.4 Å². The van der Waals surface area contributed by atoms with Crippen molar-refractivity contribution in [1.82, 2.24) is 9.97 Å². The van der Waals surface area contributed by atoms with Crippen LogP contribution in [-0.2, 0) is 12.8 Å². The zero-order chi connectivity index (χ0) is 13.5. The van der Waals surface area contributed by atoms with Gasteiger partial charge in [-0.05, 0) is 43.4 Å². The molecule has 2 aromatic heterocycles. The summed E-state index contributed by atoms with van der Waals surface area (Å²) in [5, 5.41) is 1.14. The van der Waals surface area contributed by atoms with Crippen molar-refractivity contribution in [1.29, 1.82) is 0 Å². The first-order valence-corrected chi connectivity index (χ1v) is 8.38. The van der Waals surface area contributed by atoms with Crippen LogP contribution in [0.15, 0.2) is 28.7 Å². The summed E-state index contributed by atoms with van der Waals surface area (Å²) in [5.41, 5.74) is 2.47. The highest BCUT2D eigenvalue weighted by atomic mass is 79.9. The fraction of sp³-hybridized carbons (Fsp3) is 0.250. The van der Waals surface area contributed by atoms with E-state index in [-0.39, 0.29) is 0 Å². The lowest BCUT2D eigenvalue weighted by molar-refractivity contribution is 0.700. The Hall–Kier alpha value is -1.26. The first-order chi connectivity index (χ1) is 9.81. The second kappa shape index (κ2) is 4.93. The first kappa shape index (κ1) is 12.5. The maximum absolute atomic E-state index is 4.75.